The average Bonchev–Trinajstić information content (AvgIpc) is 2.61. The van der Waals surface area contributed by atoms with Crippen molar-refractivity contribution >= 4 is 37.5 Å². The molecule has 26 heavy (non-hydrogen) atoms. The molecule has 0 fully saturated rings. The Kier molecular flexibility index (Phi) is 6.80. The summed E-state index contributed by atoms with van der Waals surface area (Å²) < 4.78 is 26.9. The van der Waals surface area contributed by atoms with Gasteiger partial charge in [-0.2, -0.15) is 0 Å². The quantitative estimate of drug-likeness (QED) is 0.694. The van der Waals surface area contributed by atoms with Gasteiger partial charge in [-0.1, -0.05) is 34.1 Å². The van der Waals surface area contributed by atoms with E-state index in [1.807, 2.05) is 25.1 Å². The van der Waals surface area contributed by atoms with Crippen molar-refractivity contribution in [3.05, 3.63) is 58.1 Å². The van der Waals surface area contributed by atoms with Crippen LogP contribution in [-0.2, 0) is 21.4 Å². The lowest BCUT2D eigenvalue weighted by atomic mass is 10.2. The number of sulfonamides is 1. The van der Waals surface area contributed by atoms with Crippen LogP contribution in [0.4, 0.5) is 5.69 Å². The minimum atomic E-state index is -3.56. The van der Waals surface area contributed by atoms with E-state index in [0.29, 0.717) is 5.56 Å². The molecule has 2 aromatic rings. The number of halogens is 1. The number of nitrogens with one attached hydrogen (secondary N) is 2. The SMILES string of the molecule is Cc1cc(NCC(=O)NCc2ccccc2S(=O)(=O)N(C)C)ccc1Br. The number of hydrogen-bond acceptors (Lipinski definition) is 4. The summed E-state index contributed by atoms with van der Waals surface area (Å²) in [6.07, 6.45) is 0. The highest BCUT2D eigenvalue weighted by Crippen LogP contribution is 2.20. The monoisotopic (exact) mass is 439 g/mol. The number of nitrogens with zero attached hydrogens (tertiary/aromatic N) is 1. The van der Waals surface area contributed by atoms with Crippen molar-refractivity contribution in [3.63, 3.8) is 0 Å². The minimum absolute atomic E-state index is 0.101. The molecule has 0 atom stereocenters. The lowest BCUT2D eigenvalue weighted by Gasteiger charge is -2.15. The van der Waals surface area contributed by atoms with Gasteiger partial charge in [-0.3, -0.25) is 4.79 Å². The second kappa shape index (κ2) is 8.66. The van der Waals surface area contributed by atoms with Gasteiger partial charge >= 0.3 is 0 Å². The standard InChI is InChI=1S/C18H22BrN3O3S/c1-13-10-15(8-9-16(13)19)20-12-18(23)21-11-14-6-4-5-7-17(14)26(24,25)22(2)3/h4-10,20H,11-12H2,1-3H3,(H,21,23). The zero-order chi connectivity index (χ0) is 19.3. The Hall–Kier alpha value is -1.90. The summed E-state index contributed by atoms with van der Waals surface area (Å²) in [5, 5.41) is 5.81. The van der Waals surface area contributed by atoms with Crippen LogP contribution in [0.15, 0.2) is 51.8 Å². The van der Waals surface area contributed by atoms with Gasteiger partial charge in [0.1, 0.15) is 0 Å². The van der Waals surface area contributed by atoms with Crippen molar-refractivity contribution in [1.82, 2.24) is 9.62 Å². The second-order valence-corrected chi connectivity index (χ2v) is 8.96. The summed E-state index contributed by atoms with van der Waals surface area (Å²) in [5.74, 6) is -0.220. The predicted octanol–water partition coefficient (Wildman–Crippen LogP) is 2.74. The molecule has 8 heteroatoms. The second-order valence-electron chi connectivity index (χ2n) is 5.99. The largest absolute Gasteiger partial charge is 0.376 e. The van der Waals surface area contributed by atoms with E-state index >= 15 is 0 Å². The average molecular weight is 440 g/mol. The Labute approximate surface area is 162 Å². The molecule has 6 nitrogen and oxygen atoms in total. The summed E-state index contributed by atoms with van der Waals surface area (Å²) in [6, 6.07) is 12.4. The van der Waals surface area contributed by atoms with E-state index in [-0.39, 0.29) is 23.9 Å². The zero-order valence-electron chi connectivity index (χ0n) is 14.9. The number of rotatable bonds is 7. The van der Waals surface area contributed by atoms with Gasteiger partial charge in [-0.15, -0.1) is 0 Å². The first-order valence-corrected chi connectivity index (χ1v) is 10.2. The molecule has 0 saturated heterocycles. The molecular weight excluding hydrogens is 418 g/mol. The number of carbonyl (C=O) groups excluding carboxylic acids is 1. The summed E-state index contributed by atoms with van der Waals surface area (Å²) >= 11 is 3.43. The Morgan fingerprint density at radius 1 is 1.15 bits per heavy atom. The smallest absolute Gasteiger partial charge is 0.242 e. The first-order valence-electron chi connectivity index (χ1n) is 7.99. The van der Waals surface area contributed by atoms with Gasteiger partial charge in [0, 0.05) is 30.8 Å². The molecule has 0 spiro atoms. The van der Waals surface area contributed by atoms with Crippen molar-refractivity contribution in [2.75, 3.05) is 26.0 Å². The van der Waals surface area contributed by atoms with Gasteiger partial charge < -0.3 is 10.6 Å². The molecular formula is C18H22BrN3O3S. The van der Waals surface area contributed by atoms with Gasteiger partial charge in [0.15, 0.2) is 0 Å². The molecule has 140 valence electrons. The third kappa shape index (κ3) is 5.06. The third-order valence-corrected chi connectivity index (χ3v) is 6.62. The molecule has 0 heterocycles. The summed E-state index contributed by atoms with van der Waals surface area (Å²) in [5.41, 5.74) is 2.46. The highest BCUT2D eigenvalue weighted by atomic mass is 79.9. The normalized spacial score (nSPS) is 11.4. The zero-order valence-corrected chi connectivity index (χ0v) is 17.3. The van der Waals surface area contributed by atoms with E-state index in [1.54, 1.807) is 24.3 Å². The summed E-state index contributed by atoms with van der Waals surface area (Å²) in [7, 11) is -0.596. The number of carbonyl (C=O) groups is 1. The van der Waals surface area contributed by atoms with Crippen molar-refractivity contribution in [2.24, 2.45) is 0 Å². The molecule has 0 saturated carbocycles. The molecule has 2 aromatic carbocycles. The van der Waals surface area contributed by atoms with E-state index < -0.39 is 10.0 Å². The molecule has 0 bridgehead atoms. The summed E-state index contributed by atoms with van der Waals surface area (Å²) in [4.78, 5) is 12.3. The molecule has 1 amide bonds. The number of aryl methyl sites for hydroxylation is 1. The maximum atomic E-state index is 12.4. The van der Waals surface area contributed by atoms with E-state index in [2.05, 4.69) is 26.6 Å². The highest BCUT2D eigenvalue weighted by molar-refractivity contribution is 9.10. The first-order chi connectivity index (χ1) is 12.2. The molecule has 0 radical (unpaired) electrons. The Balaban J connectivity index is 1.99. The molecule has 0 aliphatic carbocycles. The lowest BCUT2D eigenvalue weighted by Crippen LogP contribution is -2.30. The Morgan fingerprint density at radius 2 is 1.85 bits per heavy atom. The number of anilines is 1. The Morgan fingerprint density at radius 3 is 2.50 bits per heavy atom. The van der Waals surface area contributed by atoms with Crippen molar-refractivity contribution < 1.29 is 13.2 Å². The van der Waals surface area contributed by atoms with Crippen molar-refractivity contribution in [3.8, 4) is 0 Å². The molecule has 0 unspecified atom stereocenters. The van der Waals surface area contributed by atoms with Crippen LogP contribution in [0.5, 0.6) is 0 Å². The van der Waals surface area contributed by atoms with Crippen LogP contribution in [0, 0.1) is 6.92 Å². The van der Waals surface area contributed by atoms with Gasteiger partial charge in [0.25, 0.3) is 0 Å². The van der Waals surface area contributed by atoms with Crippen LogP contribution in [-0.4, -0.2) is 39.3 Å². The number of benzene rings is 2. The van der Waals surface area contributed by atoms with Gasteiger partial charge in [0.05, 0.1) is 11.4 Å². The molecule has 2 rings (SSSR count). The topological polar surface area (TPSA) is 78.5 Å². The van der Waals surface area contributed by atoms with Gasteiger partial charge in [-0.25, -0.2) is 12.7 Å². The van der Waals surface area contributed by atoms with Crippen LogP contribution in [0.3, 0.4) is 0 Å². The first kappa shape index (κ1) is 20.4. The predicted molar refractivity (Wildman–Crippen MR) is 107 cm³/mol. The molecule has 0 aliphatic heterocycles. The van der Waals surface area contributed by atoms with Crippen molar-refractivity contribution in [2.45, 2.75) is 18.4 Å². The maximum Gasteiger partial charge on any atom is 0.242 e. The minimum Gasteiger partial charge on any atom is -0.376 e. The lowest BCUT2D eigenvalue weighted by molar-refractivity contribution is -0.119. The number of hydrogen-bond donors (Lipinski definition) is 2. The maximum absolute atomic E-state index is 12.4. The fourth-order valence-corrected chi connectivity index (χ4v) is 3.65. The highest BCUT2D eigenvalue weighted by Gasteiger charge is 2.20. The van der Waals surface area contributed by atoms with E-state index in [9.17, 15) is 13.2 Å². The fraction of sp³-hybridized carbons (Fsp3) is 0.278. The van der Waals surface area contributed by atoms with Crippen LogP contribution in [0.2, 0.25) is 0 Å². The van der Waals surface area contributed by atoms with E-state index in [4.69, 9.17) is 0 Å². The third-order valence-electron chi connectivity index (χ3n) is 3.82. The summed E-state index contributed by atoms with van der Waals surface area (Å²) in [6.45, 7) is 2.21. The van der Waals surface area contributed by atoms with E-state index in [1.165, 1.54) is 14.1 Å². The van der Waals surface area contributed by atoms with Gasteiger partial charge in [-0.05, 0) is 42.3 Å². The number of amides is 1. The van der Waals surface area contributed by atoms with Crippen LogP contribution >= 0.6 is 15.9 Å². The molecule has 2 N–H and O–H groups in total. The fourth-order valence-electron chi connectivity index (χ4n) is 2.29. The van der Waals surface area contributed by atoms with Crippen LogP contribution < -0.4 is 10.6 Å². The Bertz CT molecular complexity index is 898. The van der Waals surface area contributed by atoms with Crippen molar-refractivity contribution in [1.29, 1.82) is 0 Å². The molecule has 0 aromatic heterocycles. The molecule has 0 aliphatic rings. The van der Waals surface area contributed by atoms with Crippen LogP contribution in [0.1, 0.15) is 11.1 Å². The van der Waals surface area contributed by atoms with Crippen LogP contribution in [0.25, 0.3) is 0 Å². The van der Waals surface area contributed by atoms with E-state index in [0.717, 1.165) is 20.0 Å². The van der Waals surface area contributed by atoms with Gasteiger partial charge in [0.2, 0.25) is 15.9 Å².